The van der Waals surface area contributed by atoms with Gasteiger partial charge in [-0.25, -0.2) is 0 Å². The van der Waals surface area contributed by atoms with Gasteiger partial charge >= 0.3 is 0 Å². The molecule has 1 heteroatoms. The number of carbonyl (C=O) groups excluding carboxylic acids is 1. The van der Waals surface area contributed by atoms with Crippen molar-refractivity contribution in [3.8, 4) is 0 Å². The molecule has 3 aliphatic carbocycles. The predicted molar refractivity (Wildman–Crippen MR) is 42.0 cm³/mol. The predicted octanol–water partition coefficient (Wildman–Crippen LogP) is 1.93. The summed E-state index contributed by atoms with van der Waals surface area (Å²) in [6.07, 6.45) is 9.14. The molecule has 2 bridgehead atoms. The van der Waals surface area contributed by atoms with Crippen LogP contribution in [0.25, 0.3) is 0 Å². The summed E-state index contributed by atoms with van der Waals surface area (Å²) < 4.78 is 0. The molecule has 0 amide bonds. The van der Waals surface area contributed by atoms with Crippen LogP contribution in [0.5, 0.6) is 0 Å². The van der Waals surface area contributed by atoms with E-state index < -0.39 is 0 Å². The van der Waals surface area contributed by atoms with Crippen molar-refractivity contribution >= 4 is 5.78 Å². The highest BCUT2D eigenvalue weighted by molar-refractivity contribution is 5.92. The number of ketones is 1. The van der Waals surface area contributed by atoms with E-state index in [0.29, 0.717) is 17.6 Å². The SMILES string of the molecule is O=C1CCC12C1C=CC2CC1. The molecule has 0 heterocycles. The molecule has 0 aromatic heterocycles. The Bertz CT molecular complexity index is 238. The minimum atomic E-state index is 0.153. The Balaban J connectivity index is 2.07. The highest BCUT2D eigenvalue weighted by Crippen LogP contribution is 2.61. The fourth-order valence-corrected chi connectivity index (χ4v) is 3.25. The van der Waals surface area contributed by atoms with Gasteiger partial charge in [0.1, 0.15) is 5.78 Å². The highest BCUT2D eigenvalue weighted by Gasteiger charge is 2.60. The second-order valence-electron chi connectivity index (χ2n) is 4.14. The second kappa shape index (κ2) is 1.60. The molecule has 2 saturated carbocycles. The first-order valence-electron chi connectivity index (χ1n) is 4.56. The van der Waals surface area contributed by atoms with Gasteiger partial charge in [-0.2, -0.15) is 0 Å². The summed E-state index contributed by atoms with van der Waals surface area (Å²) in [7, 11) is 0. The molecule has 58 valence electrons. The number of hydrogen-bond donors (Lipinski definition) is 0. The maximum Gasteiger partial charge on any atom is 0.140 e. The maximum absolute atomic E-state index is 11.5. The van der Waals surface area contributed by atoms with Crippen molar-refractivity contribution in [2.45, 2.75) is 25.7 Å². The summed E-state index contributed by atoms with van der Waals surface area (Å²) in [6.45, 7) is 0. The lowest BCUT2D eigenvalue weighted by Gasteiger charge is -2.41. The summed E-state index contributed by atoms with van der Waals surface area (Å²) in [5, 5.41) is 0. The fourth-order valence-electron chi connectivity index (χ4n) is 3.25. The third-order valence-electron chi connectivity index (χ3n) is 3.97. The largest absolute Gasteiger partial charge is 0.299 e. The van der Waals surface area contributed by atoms with Crippen molar-refractivity contribution in [2.75, 3.05) is 0 Å². The third-order valence-corrected chi connectivity index (χ3v) is 3.97. The molecule has 0 saturated heterocycles. The van der Waals surface area contributed by atoms with E-state index >= 15 is 0 Å². The van der Waals surface area contributed by atoms with Crippen molar-refractivity contribution in [3.63, 3.8) is 0 Å². The Hall–Kier alpha value is -0.590. The molecule has 0 radical (unpaired) electrons. The summed E-state index contributed by atoms with van der Waals surface area (Å²) in [6, 6.07) is 0. The van der Waals surface area contributed by atoms with Gasteiger partial charge in [0.15, 0.2) is 0 Å². The molecule has 1 spiro atoms. The molecular formula is C10H12O. The normalized spacial score (nSPS) is 52.2. The molecule has 2 fully saturated rings. The fraction of sp³-hybridized carbons (Fsp3) is 0.700. The standard InChI is InChI=1S/C10H12O/c11-9-5-6-10(9)7-1-2-8(10)4-3-7/h1-2,7-8H,3-6H2. The molecule has 0 aromatic carbocycles. The van der Waals surface area contributed by atoms with Crippen molar-refractivity contribution in [3.05, 3.63) is 12.2 Å². The summed E-state index contributed by atoms with van der Waals surface area (Å²) >= 11 is 0. The molecule has 0 aromatic rings. The van der Waals surface area contributed by atoms with Crippen molar-refractivity contribution in [2.24, 2.45) is 17.3 Å². The van der Waals surface area contributed by atoms with Gasteiger partial charge in [0, 0.05) is 11.8 Å². The van der Waals surface area contributed by atoms with E-state index in [1.54, 1.807) is 0 Å². The molecule has 1 nitrogen and oxygen atoms in total. The van der Waals surface area contributed by atoms with Crippen molar-refractivity contribution in [1.29, 1.82) is 0 Å². The second-order valence-corrected chi connectivity index (χ2v) is 4.14. The van der Waals surface area contributed by atoms with Gasteiger partial charge in [-0.05, 0) is 31.1 Å². The summed E-state index contributed by atoms with van der Waals surface area (Å²) in [4.78, 5) is 11.5. The first-order valence-corrected chi connectivity index (χ1v) is 4.56. The van der Waals surface area contributed by atoms with Crippen LogP contribution in [-0.4, -0.2) is 5.78 Å². The van der Waals surface area contributed by atoms with Crippen LogP contribution in [0, 0.1) is 17.3 Å². The molecule has 2 atom stereocenters. The maximum atomic E-state index is 11.5. The van der Waals surface area contributed by atoms with Gasteiger partial charge in [0.05, 0.1) is 0 Å². The first-order chi connectivity index (χ1) is 5.34. The van der Waals surface area contributed by atoms with E-state index in [2.05, 4.69) is 12.2 Å². The molecule has 3 rings (SSSR count). The number of allylic oxidation sites excluding steroid dienone is 2. The number of hydrogen-bond acceptors (Lipinski definition) is 1. The van der Waals surface area contributed by atoms with Gasteiger partial charge in [0.25, 0.3) is 0 Å². The minimum Gasteiger partial charge on any atom is -0.299 e. The van der Waals surface area contributed by atoms with Gasteiger partial charge < -0.3 is 0 Å². The molecule has 0 N–H and O–H groups in total. The number of carbonyl (C=O) groups is 1. The van der Waals surface area contributed by atoms with Gasteiger partial charge in [0.2, 0.25) is 0 Å². The Morgan fingerprint density at radius 2 is 1.91 bits per heavy atom. The monoisotopic (exact) mass is 148 g/mol. The summed E-state index contributed by atoms with van der Waals surface area (Å²) in [5.74, 6) is 1.82. The summed E-state index contributed by atoms with van der Waals surface area (Å²) in [5.41, 5.74) is 0.153. The van der Waals surface area contributed by atoms with Crippen LogP contribution < -0.4 is 0 Å². The van der Waals surface area contributed by atoms with Crippen molar-refractivity contribution < 1.29 is 4.79 Å². The third kappa shape index (κ3) is 0.463. The topological polar surface area (TPSA) is 17.1 Å². The Kier molecular flexibility index (Phi) is 0.869. The first kappa shape index (κ1) is 5.99. The van der Waals surface area contributed by atoms with E-state index in [1.807, 2.05) is 0 Å². The van der Waals surface area contributed by atoms with Crippen LogP contribution in [0.4, 0.5) is 0 Å². The smallest absolute Gasteiger partial charge is 0.140 e. The zero-order chi connectivity index (χ0) is 7.47. The lowest BCUT2D eigenvalue weighted by Crippen LogP contribution is -2.45. The van der Waals surface area contributed by atoms with E-state index in [1.165, 1.54) is 19.3 Å². The van der Waals surface area contributed by atoms with Crippen molar-refractivity contribution in [1.82, 2.24) is 0 Å². The van der Waals surface area contributed by atoms with Crippen LogP contribution in [0.2, 0.25) is 0 Å². The van der Waals surface area contributed by atoms with E-state index in [9.17, 15) is 4.79 Å². The molecule has 0 aliphatic heterocycles. The lowest BCUT2D eigenvalue weighted by molar-refractivity contribution is -0.141. The van der Waals surface area contributed by atoms with E-state index in [4.69, 9.17) is 0 Å². The average Bonchev–Trinajstić information content (AvgIpc) is 2.57. The van der Waals surface area contributed by atoms with Crippen LogP contribution in [0.3, 0.4) is 0 Å². The minimum absolute atomic E-state index is 0.153. The van der Waals surface area contributed by atoms with Crippen LogP contribution in [0.1, 0.15) is 25.7 Å². The zero-order valence-corrected chi connectivity index (χ0v) is 6.55. The highest BCUT2D eigenvalue weighted by atomic mass is 16.1. The van der Waals surface area contributed by atoms with E-state index in [-0.39, 0.29) is 5.41 Å². The Labute approximate surface area is 66.5 Å². The number of rotatable bonds is 0. The van der Waals surface area contributed by atoms with Gasteiger partial charge in [-0.1, -0.05) is 12.2 Å². The Morgan fingerprint density at radius 3 is 2.09 bits per heavy atom. The number of Topliss-reactive ketones (excluding diaryl/α,β-unsaturated/α-hetero) is 1. The molecular weight excluding hydrogens is 136 g/mol. The van der Waals surface area contributed by atoms with Gasteiger partial charge in [-0.3, -0.25) is 4.79 Å². The van der Waals surface area contributed by atoms with Crippen LogP contribution >= 0.6 is 0 Å². The molecule has 11 heavy (non-hydrogen) atoms. The van der Waals surface area contributed by atoms with E-state index in [0.717, 1.165) is 6.42 Å². The zero-order valence-electron chi connectivity index (χ0n) is 6.55. The van der Waals surface area contributed by atoms with Gasteiger partial charge in [-0.15, -0.1) is 0 Å². The quantitative estimate of drug-likeness (QED) is 0.480. The molecule has 3 aliphatic rings. The average molecular weight is 148 g/mol. The van der Waals surface area contributed by atoms with Crippen LogP contribution in [-0.2, 0) is 4.79 Å². The molecule has 2 unspecified atom stereocenters. The lowest BCUT2D eigenvalue weighted by atomic mass is 9.60. The Morgan fingerprint density at radius 1 is 1.27 bits per heavy atom. The van der Waals surface area contributed by atoms with Crippen LogP contribution in [0.15, 0.2) is 12.2 Å².